The quantitative estimate of drug-likeness (QED) is 0.534. The Morgan fingerprint density at radius 2 is 1.88 bits per heavy atom. The number of piperidine rings is 1. The summed E-state index contributed by atoms with van der Waals surface area (Å²) in [6.07, 6.45) is -0.743. The molecule has 0 atom stereocenters. The summed E-state index contributed by atoms with van der Waals surface area (Å²) in [5.41, 5.74) is 0.941. The topological polar surface area (TPSA) is 88.8 Å². The predicted molar refractivity (Wildman–Crippen MR) is 113 cm³/mol. The minimum Gasteiger partial charge on any atom is -0.415 e. The van der Waals surface area contributed by atoms with Crippen LogP contribution in [0, 0.1) is 5.82 Å². The molecule has 0 saturated carbocycles. The number of alkyl halides is 2. The smallest absolute Gasteiger partial charge is 0.415 e. The molecule has 2 aliphatic heterocycles. The number of hydrogen-bond donors (Lipinski definition) is 0. The first-order valence-corrected chi connectivity index (χ1v) is 10.7. The van der Waals surface area contributed by atoms with Crippen molar-refractivity contribution in [2.45, 2.75) is 32.2 Å². The zero-order valence-electron chi connectivity index (χ0n) is 17.8. The summed E-state index contributed by atoms with van der Waals surface area (Å²) >= 11 is 0. The summed E-state index contributed by atoms with van der Waals surface area (Å²) in [5.74, 6) is -2.30. The summed E-state index contributed by atoms with van der Waals surface area (Å²) in [6.45, 7) is 1.16. The normalized spacial score (nSPS) is 15.7. The molecule has 1 fully saturated rings. The molecule has 1 saturated heterocycles. The number of nitrogens with zero attached hydrogens (tertiary/aromatic N) is 4. The molecule has 0 unspecified atom stereocenters. The molecule has 1 aromatic heterocycles. The van der Waals surface area contributed by atoms with Crippen molar-refractivity contribution in [1.82, 2.24) is 15.1 Å². The first-order chi connectivity index (χ1) is 16.4. The number of para-hydroxylation sites is 1. The van der Waals surface area contributed by atoms with Crippen LogP contribution in [0.2, 0.25) is 0 Å². The number of carbonyl (C=O) groups excluding carboxylic acids is 2. The van der Waals surface area contributed by atoms with Gasteiger partial charge in [0.1, 0.15) is 5.69 Å². The Hall–Kier alpha value is -3.89. The summed E-state index contributed by atoms with van der Waals surface area (Å²) in [5, 5.41) is 6.89. The molecule has 0 spiro atoms. The van der Waals surface area contributed by atoms with E-state index in [1.807, 2.05) is 0 Å². The Morgan fingerprint density at radius 1 is 1.09 bits per heavy atom. The Bertz CT molecular complexity index is 1260. The molecule has 0 bridgehead atoms. The van der Waals surface area contributed by atoms with Gasteiger partial charge in [-0.25, -0.2) is 9.18 Å². The van der Waals surface area contributed by atoms with Crippen LogP contribution in [-0.2, 0) is 6.54 Å². The average Bonchev–Trinajstić information content (AvgIpc) is 3.45. The lowest BCUT2D eigenvalue weighted by Gasteiger charge is -2.27. The first-order valence-electron chi connectivity index (χ1n) is 10.7. The molecule has 34 heavy (non-hydrogen) atoms. The largest absolute Gasteiger partial charge is 0.415 e. The molecule has 5 rings (SSSR count). The van der Waals surface area contributed by atoms with Crippen LogP contribution in [0.15, 0.2) is 40.8 Å². The molecule has 3 heterocycles. The van der Waals surface area contributed by atoms with Crippen molar-refractivity contribution < 1.29 is 31.9 Å². The van der Waals surface area contributed by atoms with Gasteiger partial charge in [-0.05, 0) is 49.1 Å². The lowest BCUT2D eigenvalue weighted by Crippen LogP contribution is -2.38. The summed E-state index contributed by atoms with van der Waals surface area (Å²) in [6, 6.07) is 8.61. The molecule has 11 heteroatoms. The van der Waals surface area contributed by atoms with Crippen LogP contribution >= 0.6 is 0 Å². The molecular formula is C23H19F3N4O4. The maximum absolute atomic E-state index is 14.9. The summed E-state index contributed by atoms with van der Waals surface area (Å²) in [7, 11) is 0. The number of halogens is 3. The van der Waals surface area contributed by atoms with Crippen molar-refractivity contribution in [2.75, 3.05) is 18.0 Å². The highest BCUT2D eigenvalue weighted by Crippen LogP contribution is 2.38. The van der Waals surface area contributed by atoms with E-state index in [0.717, 1.165) is 19.3 Å². The van der Waals surface area contributed by atoms with Crippen molar-refractivity contribution in [3.05, 3.63) is 59.2 Å². The van der Waals surface area contributed by atoms with Crippen LogP contribution in [0.1, 0.15) is 47.5 Å². The number of aromatic nitrogens is 2. The van der Waals surface area contributed by atoms with Gasteiger partial charge in [-0.3, -0.25) is 9.69 Å². The van der Waals surface area contributed by atoms with Crippen molar-refractivity contribution in [3.63, 3.8) is 0 Å². The molecular weight excluding hydrogens is 453 g/mol. The van der Waals surface area contributed by atoms with Gasteiger partial charge in [0.25, 0.3) is 11.8 Å². The van der Waals surface area contributed by atoms with E-state index >= 15 is 0 Å². The summed E-state index contributed by atoms with van der Waals surface area (Å²) < 4.78 is 50.9. The molecule has 0 N–H and O–H groups in total. The van der Waals surface area contributed by atoms with E-state index in [0.29, 0.717) is 18.7 Å². The third kappa shape index (κ3) is 3.97. The number of likely N-dealkylation sites (tertiary alicyclic amines) is 1. The number of hydrogen-bond acceptors (Lipinski definition) is 6. The molecule has 2 aromatic carbocycles. The predicted octanol–water partition coefficient (Wildman–Crippen LogP) is 4.96. The highest BCUT2D eigenvalue weighted by atomic mass is 19.3. The van der Waals surface area contributed by atoms with Crippen molar-refractivity contribution in [2.24, 2.45) is 0 Å². The maximum Gasteiger partial charge on any atom is 0.415 e. The van der Waals surface area contributed by atoms with Crippen LogP contribution in [0.4, 0.5) is 23.7 Å². The third-order valence-corrected chi connectivity index (χ3v) is 5.82. The lowest BCUT2D eigenvalue weighted by atomic mass is 10.1. The Balaban J connectivity index is 1.43. The van der Waals surface area contributed by atoms with E-state index in [-0.39, 0.29) is 35.0 Å². The fourth-order valence-corrected chi connectivity index (χ4v) is 4.13. The van der Waals surface area contributed by atoms with E-state index < -0.39 is 30.1 Å². The summed E-state index contributed by atoms with van der Waals surface area (Å²) in [4.78, 5) is 28.5. The van der Waals surface area contributed by atoms with Crippen molar-refractivity contribution in [3.8, 4) is 17.2 Å². The number of benzene rings is 2. The zero-order valence-corrected chi connectivity index (χ0v) is 17.8. The monoisotopic (exact) mass is 472 g/mol. The second-order valence-corrected chi connectivity index (χ2v) is 8.01. The zero-order chi connectivity index (χ0) is 23.8. The number of fused-ring (bicyclic) bond motifs is 1. The van der Waals surface area contributed by atoms with E-state index in [1.54, 1.807) is 17.0 Å². The maximum atomic E-state index is 14.9. The number of rotatable bonds is 4. The average molecular weight is 472 g/mol. The van der Waals surface area contributed by atoms with Crippen LogP contribution in [0.5, 0.6) is 5.75 Å². The van der Waals surface area contributed by atoms with Crippen LogP contribution in [-0.4, -0.2) is 40.2 Å². The van der Waals surface area contributed by atoms with Gasteiger partial charge in [-0.15, -0.1) is 10.2 Å². The van der Waals surface area contributed by atoms with Gasteiger partial charge in [0.15, 0.2) is 11.6 Å². The van der Waals surface area contributed by atoms with Gasteiger partial charge >= 0.3 is 12.5 Å². The molecule has 8 nitrogen and oxygen atoms in total. The van der Waals surface area contributed by atoms with E-state index in [9.17, 15) is 22.8 Å². The van der Waals surface area contributed by atoms with Crippen LogP contribution in [0.3, 0.4) is 0 Å². The minimum absolute atomic E-state index is 0.0375. The lowest BCUT2D eigenvalue weighted by molar-refractivity contribution is 0.0993. The van der Waals surface area contributed by atoms with Crippen molar-refractivity contribution >= 4 is 17.7 Å². The SMILES string of the molecule is O=C(Oc1cccc(F)c1N1Cc2ccc(-c3nnc(C(F)F)o3)cc2C1=O)N1CCCCC1. The molecule has 3 aromatic rings. The molecule has 2 aliphatic rings. The van der Waals surface area contributed by atoms with Gasteiger partial charge in [0, 0.05) is 24.2 Å². The van der Waals surface area contributed by atoms with E-state index in [4.69, 9.17) is 9.15 Å². The van der Waals surface area contributed by atoms with Crippen LogP contribution in [0.25, 0.3) is 11.5 Å². The first kappa shape index (κ1) is 21.9. The van der Waals surface area contributed by atoms with Crippen molar-refractivity contribution in [1.29, 1.82) is 0 Å². The Morgan fingerprint density at radius 3 is 2.62 bits per heavy atom. The fraction of sp³-hybridized carbons (Fsp3) is 0.304. The second kappa shape index (κ2) is 8.81. The van der Waals surface area contributed by atoms with E-state index in [2.05, 4.69) is 10.2 Å². The minimum atomic E-state index is -2.92. The number of amides is 2. The highest BCUT2D eigenvalue weighted by Gasteiger charge is 2.34. The fourth-order valence-electron chi connectivity index (χ4n) is 4.13. The molecule has 2 amide bonds. The second-order valence-electron chi connectivity index (χ2n) is 8.01. The van der Waals surface area contributed by atoms with Gasteiger partial charge in [-0.1, -0.05) is 12.1 Å². The molecule has 0 radical (unpaired) electrons. The van der Waals surface area contributed by atoms with E-state index in [1.165, 1.54) is 29.2 Å². The van der Waals surface area contributed by atoms with Gasteiger partial charge in [0.2, 0.25) is 5.89 Å². The molecule has 176 valence electrons. The Labute approximate surface area is 191 Å². The van der Waals surface area contributed by atoms with Crippen LogP contribution < -0.4 is 9.64 Å². The van der Waals surface area contributed by atoms with Gasteiger partial charge in [-0.2, -0.15) is 8.78 Å². The molecule has 0 aliphatic carbocycles. The number of carbonyl (C=O) groups is 2. The van der Waals surface area contributed by atoms with Gasteiger partial charge < -0.3 is 14.1 Å². The van der Waals surface area contributed by atoms with Gasteiger partial charge in [0.05, 0.1) is 6.54 Å². The number of anilines is 1. The Kier molecular flexibility index (Phi) is 5.68. The highest BCUT2D eigenvalue weighted by molar-refractivity contribution is 6.11. The standard InChI is InChI=1S/C23H19F3N4O4/c24-16-5-4-6-17(33-23(32)29-9-2-1-3-10-29)18(16)30-12-14-8-7-13(11-15(14)22(30)31)20-27-28-21(34-20)19(25)26/h4-8,11,19H,1-3,9-10,12H2. The number of ether oxygens (including phenoxy) is 1. The third-order valence-electron chi connectivity index (χ3n) is 5.82.